The fraction of sp³-hybridized carbons (Fsp3) is 0.538. The minimum atomic E-state index is -0.154. The van der Waals surface area contributed by atoms with E-state index >= 15 is 0 Å². The molecule has 0 amide bonds. The van der Waals surface area contributed by atoms with Crippen LogP contribution in [0.4, 0.5) is 4.39 Å². The van der Waals surface area contributed by atoms with E-state index in [-0.39, 0.29) is 45.9 Å². The molecule has 1 aromatic carbocycles. The summed E-state index contributed by atoms with van der Waals surface area (Å²) in [5.74, 6) is -0.154. The molecule has 0 N–H and O–H groups in total. The molecule has 0 atom stereocenters. The molecule has 1 aromatic rings. The van der Waals surface area contributed by atoms with E-state index in [1.165, 1.54) is 31.7 Å². The van der Waals surface area contributed by atoms with Gasteiger partial charge >= 0.3 is 23.1 Å². The van der Waals surface area contributed by atoms with Crippen LogP contribution in [0.15, 0.2) is 18.2 Å². The first-order valence-corrected chi connectivity index (χ1v) is 5.73. The van der Waals surface area contributed by atoms with Gasteiger partial charge in [0.25, 0.3) is 0 Å². The van der Waals surface area contributed by atoms with Crippen LogP contribution in [0.3, 0.4) is 0 Å². The first-order chi connectivity index (χ1) is 7.34. The molecule has 1 saturated heterocycles. The van der Waals surface area contributed by atoms with Gasteiger partial charge in [-0.05, 0) is 25.9 Å². The molecule has 1 heterocycles. The van der Waals surface area contributed by atoms with Gasteiger partial charge in [-0.1, -0.05) is 12.8 Å². The van der Waals surface area contributed by atoms with Crippen molar-refractivity contribution in [3.8, 4) is 0 Å². The van der Waals surface area contributed by atoms with Crippen LogP contribution >= 0.6 is 0 Å². The molecule has 0 bridgehead atoms. The number of hydrogen-bond donors (Lipinski definition) is 0. The molecule has 90 valence electrons. The largest absolute Gasteiger partial charge is 2.00 e. The summed E-state index contributed by atoms with van der Waals surface area (Å²) in [5.41, 5.74) is 0.969. The normalized spacial score (nSPS) is 16.5. The monoisotopic (exact) mass is 309 g/mol. The van der Waals surface area contributed by atoms with Gasteiger partial charge in [0, 0.05) is 12.4 Å². The molecule has 1 aliphatic rings. The molecule has 0 spiro atoms. The summed E-state index contributed by atoms with van der Waals surface area (Å²) >= 11 is 0. The van der Waals surface area contributed by atoms with E-state index in [9.17, 15) is 4.39 Å². The van der Waals surface area contributed by atoms with Crippen LogP contribution in [0, 0.1) is 11.9 Å². The number of nitrogens with zero attached hydrogens (tertiary/aromatic N) is 1. The molecule has 0 unspecified atom stereocenters. The van der Waals surface area contributed by atoms with Gasteiger partial charge in [-0.15, -0.1) is 17.7 Å². The molecule has 1 fully saturated rings. The van der Waals surface area contributed by atoms with Crippen molar-refractivity contribution < 1.29 is 21.4 Å². The second kappa shape index (κ2) is 9.31. The smallest absolute Gasteiger partial charge is 1.00 e. The quantitative estimate of drug-likeness (QED) is 0.532. The van der Waals surface area contributed by atoms with Crippen LogP contribution in [-0.4, -0.2) is 41.0 Å². The second-order valence-corrected chi connectivity index (χ2v) is 4.22. The third-order valence-corrected chi connectivity index (χ3v) is 2.92. The van der Waals surface area contributed by atoms with Crippen molar-refractivity contribution in [3.63, 3.8) is 0 Å². The number of benzene rings is 1. The Bertz CT molecular complexity index is 314. The molecule has 1 nitrogen and oxygen atoms in total. The van der Waals surface area contributed by atoms with Crippen LogP contribution in [-0.2, 0) is 6.54 Å². The third kappa shape index (κ3) is 6.18. The number of hydrogen-bond acceptors (Lipinski definition) is 1. The van der Waals surface area contributed by atoms with Gasteiger partial charge in [-0.3, -0.25) is 0 Å². The third-order valence-electron chi connectivity index (χ3n) is 2.92. The van der Waals surface area contributed by atoms with Crippen LogP contribution in [0.1, 0.15) is 31.2 Å². The maximum Gasteiger partial charge on any atom is 2.00 e. The van der Waals surface area contributed by atoms with Gasteiger partial charge in [0.05, 0.1) is 0 Å². The zero-order valence-corrected chi connectivity index (χ0v) is 13.1. The fourth-order valence-corrected chi connectivity index (χ4v) is 2.11. The Morgan fingerprint density at radius 2 is 1.82 bits per heavy atom. The molecule has 1 aliphatic heterocycles. The number of halogens is 2. The van der Waals surface area contributed by atoms with Crippen molar-refractivity contribution in [2.45, 2.75) is 32.2 Å². The molecular formula is C13H17BrFMgN. The average molecular weight is 310 g/mol. The summed E-state index contributed by atoms with van der Waals surface area (Å²) in [6, 6.07) is 7.80. The summed E-state index contributed by atoms with van der Waals surface area (Å²) < 4.78 is 13.0. The topological polar surface area (TPSA) is 3.24 Å². The second-order valence-electron chi connectivity index (χ2n) is 4.22. The molecule has 2 rings (SSSR count). The van der Waals surface area contributed by atoms with Crippen LogP contribution < -0.4 is 17.0 Å². The first kappa shape index (κ1) is 17.4. The van der Waals surface area contributed by atoms with Gasteiger partial charge in [0.1, 0.15) is 0 Å². The number of likely N-dealkylation sites (tertiary alicyclic amines) is 1. The van der Waals surface area contributed by atoms with E-state index in [1.54, 1.807) is 12.1 Å². The van der Waals surface area contributed by atoms with Gasteiger partial charge in [0.15, 0.2) is 0 Å². The molecule has 0 radical (unpaired) electrons. The van der Waals surface area contributed by atoms with Crippen LogP contribution in [0.2, 0.25) is 0 Å². The van der Waals surface area contributed by atoms with Crippen LogP contribution in [0.25, 0.3) is 0 Å². The zero-order valence-electron chi connectivity index (χ0n) is 10.1. The predicted molar refractivity (Wildman–Crippen MR) is 64.7 cm³/mol. The SMILES string of the molecule is Fc1cc[c-]c(CN2CCCCCC2)c1.[Br-].[Mg+2]. The Morgan fingerprint density at radius 3 is 2.41 bits per heavy atom. The minimum absolute atomic E-state index is 0. The molecule has 0 saturated carbocycles. The standard InChI is InChI=1S/C13H17FN.BrH.Mg/c14-13-7-5-6-12(10-13)11-15-8-3-1-2-4-9-15;;/h5,7,10H,1-4,8-9,11H2;1H;/q-1;;+2/p-1. The Kier molecular flexibility index (Phi) is 9.50. The molecule has 0 aromatic heterocycles. The fourth-order valence-electron chi connectivity index (χ4n) is 2.11. The van der Waals surface area contributed by atoms with Gasteiger partial charge in [0.2, 0.25) is 0 Å². The molecule has 0 aliphatic carbocycles. The van der Waals surface area contributed by atoms with E-state index < -0.39 is 0 Å². The molecule has 4 heteroatoms. The van der Waals surface area contributed by atoms with Crippen molar-refractivity contribution in [3.05, 3.63) is 35.6 Å². The van der Waals surface area contributed by atoms with E-state index in [4.69, 9.17) is 0 Å². The maximum absolute atomic E-state index is 13.0. The number of rotatable bonds is 2. The maximum atomic E-state index is 13.0. The van der Waals surface area contributed by atoms with Crippen molar-refractivity contribution >= 4 is 23.1 Å². The zero-order chi connectivity index (χ0) is 10.5. The Morgan fingerprint density at radius 1 is 1.18 bits per heavy atom. The van der Waals surface area contributed by atoms with E-state index in [0.717, 1.165) is 25.2 Å². The Hall–Kier alpha value is 0.356. The van der Waals surface area contributed by atoms with E-state index in [0.29, 0.717) is 0 Å². The average Bonchev–Trinajstić information content (AvgIpc) is 2.46. The molecule has 17 heavy (non-hydrogen) atoms. The van der Waals surface area contributed by atoms with Gasteiger partial charge in [-0.2, -0.15) is 12.1 Å². The minimum Gasteiger partial charge on any atom is -1.00 e. The summed E-state index contributed by atoms with van der Waals surface area (Å²) in [6.45, 7) is 3.13. The van der Waals surface area contributed by atoms with Crippen molar-refractivity contribution in [2.75, 3.05) is 13.1 Å². The Balaban J connectivity index is 0.00000128. The van der Waals surface area contributed by atoms with E-state index in [2.05, 4.69) is 11.0 Å². The van der Waals surface area contributed by atoms with Crippen molar-refractivity contribution in [1.82, 2.24) is 4.90 Å². The summed E-state index contributed by atoms with van der Waals surface area (Å²) in [6.07, 6.45) is 5.22. The summed E-state index contributed by atoms with van der Waals surface area (Å²) in [7, 11) is 0. The van der Waals surface area contributed by atoms with Gasteiger partial charge in [-0.25, -0.2) is 4.39 Å². The van der Waals surface area contributed by atoms with Crippen molar-refractivity contribution in [2.24, 2.45) is 0 Å². The van der Waals surface area contributed by atoms with E-state index in [1.807, 2.05) is 0 Å². The Labute approximate surface area is 130 Å². The molecular weight excluding hydrogens is 293 g/mol. The van der Waals surface area contributed by atoms with Crippen molar-refractivity contribution in [1.29, 1.82) is 0 Å². The predicted octanol–water partition coefficient (Wildman–Crippen LogP) is -0.375. The first-order valence-electron chi connectivity index (χ1n) is 5.73. The summed E-state index contributed by atoms with van der Waals surface area (Å²) in [5, 5.41) is 0. The van der Waals surface area contributed by atoms with Crippen LogP contribution in [0.5, 0.6) is 0 Å². The van der Waals surface area contributed by atoms with Gasteiger partial charge < -0.3 is 21.9 Å². The summed E-state index contributed by atoms with van der Waals surface area (Å²) in [4.78, 5) is 2.40.